The van der Waals surface area contributed by atoms with Crippen molar-refractivity contribution in [2.24, 2.45) is 5.73 Å². The van der Waals surface area contributed by atoms with Crippen LogP contribution in [0.1, 0.15) is 27.3 Å². The van der Waals surface area contributed by atoms with Crippen molar-refractivity contribution in [1.29, 1.82) is 0 Å². The van der Waals surface area contributed by atoms with Crippen molar-refractivity contribution >= 4 is 17.2 Å². The molecule has 4 aromatic rings. The number of rotatable bonds is 5. The molecule has 0 saturated carbocycles. The number of nitrogens with zero attached hydrogens (tertiary/aromatic N) is 4. The maximum atomic E-state index is 13.4. The quantitative estimate of drug-likeness (QED) is 0.545. The van der Waals surface area contributed by atoms with E-state index in [1.165, 1.54) is 12.1 Å². The number of hydrogen-bond donors (Lipinski definition) is 2. The lowest BCUT2D eigenvalue weighted by Crippen LogP contribution is -2.16. The van der Waals surface area contributed by atoms with Gasteiger partial charge in [0, 0.05) is 12.1 Å². The molecular weight excluding hydrogens is 371 g/mol. The minimum Gasteiger partial charge on any atom is -0.364 e. The van der Waals surface area contributed by atoms with Crippen molar-refractivity contribution in [3.8, 4) is 11.5 Å². The SMILES string of the molecule is Cc1cc2cccc(C(N)=O)n2c1-c1nnc(C)c(NCc2cccc(F)c2)n1. The van der Waals surface area contributed by atoms with E-state index >= 15 is 0 Å². The molecule has 0 aliphatic heterocycles. The van der Waals surface area contributed by atoms with Crippen molar-refractivity contribution in [2.75, 3.05) is 5.32 Å². The van der Waals surface area contributed by atoms with Crippen LogP contribution in [0.4, 0.5) is 10.2 Å². The summed E-state index contributed by atoms with van der Waals surface area (Å²) in [4.78, 5) is 16.5. The van der Waals surface area contributed by atoms with Crippen LogP contribution in [-0.2, 0) is 6.54 Å². The minimum atomic E-state index is -0.544. The molecule has 0 unspecified atom stereocenters. The van der Waals surface area contributed by atoms with Crippen molar-refractivity contribution in [2.45, 2.75) is 20.4 Å². The molecule has 0 aliphatic rings. The van der Waals surface area contributed by atoms with Gasteiger partial charge < -0.3 is 15.5 Å². The average molecular weight is 390 g/mol. The molecule has 3 heterocycles. The summed E-state index contributed by atoms with van der Waals surface area (Å²) in [5, 5.41) is 11.6. The summed E-state index contributed by atoms with van der Waals surface area (Å²) in [6, 6.07) is 13.6. The number of anilines is 1. The Balaban J connectivity index is 1.76. The Morgan fingerprint density at radius 3 is 2.69 bits per heavy atom. The van der Waals surface area contributed by atoms with Crippen LogP contribution in [0.5, 0.6) is 0 Å². The van der Waals surface area contributed by atoms with Crippen molar-refractivity contribution < 1.29 is 9.18 Å². The highest BCUT2D eigenvalue weighted by molar-refractivity contribution is 5.93. The third-order valence-electron chi connectivity index (χ3n) is 4.65. The van der Waals surface area contributed by atoms with Gasteiger partial charge in [-0.3, -0.25) is 4.79 Å². The second-order valence-corrected chi connectivity index (χ2v) is 6.76. The first-order valence-electron chi connectivity index (χ1n) is 9.05. The number of pyridine rings is 1. The molecule has 0 aliphatic carbocycles. The molecule has 29 heavy (non-hydrogen) atoms. The van der Waals surface area contributed by atoms with Gasteiger partial charge in [-0.15, -0.1) is 10.2 Å². The summed E-state index contributed by atoms with van der Waals surface area (Å²) >= 11 is 0. The van der Waals surface area contributed by atoms with Gasteiger partial charge in [-0.25, -0.2) is 9.37 Å². The maximum Gasteiger partial charge on any atom is 0.265 e. The Bertz CT molecular complexity index is 1230. The second kappa shape index (κ2) is 7.31. The van der Waals surface area contributed by atoms with Crippen LogP contribution in [-0.4, -0.2) is 25.5 Å². The third-order valence-corrected chi connectivity index (χ3v) is 4.65. The molecule has 0 bridgehead atoms. The van der Waals surface area contributed by atoms with Gasteiger partial charge in [-0.1, -0.05) is 18.2 Å². The summed E-state index contributed by atoms with van der Waals surface area (Å²) in [7, 11) is 0. The smallest absolute Gasteiger partial charge is 0.265 e. The van der Waals surface area contributed by atoms with E-state index in [9.17, 15) is 9.18 Å². The largest absolute Gasteiger partial charge is 0.364 e. The van der Waals surface area contributed by atoms with E-state index in [0.29, 0.717) is 35.3 Å². The summed E-state index contributed by atoms with van der Waals surface area (Å²) in [6.45, 7) is 4.09. The minimum absolute atomic E-state index is 0.295. The highest BCUT2D eigenvalue weighted by Gasteiger charge is 2.18. The van der Waals surface area contributed by atoms with Crippen LogP contribution in [0, 0.1) is 19.7 Å². The number of benzene rings is 1. The normalized spacial score (nSPS) is 11.0. The van der Waals surface area contributed by atoms with Gasteiger partial charge in [0.1, 0.15) is 17.2 Å². The first kappa shape index (κ1) is 18.5. The molecule has 1 aromatic carbocycles. The molecule has 3 N–H and O–H groups in total. The fourth-order valence-electron chi connectivity index (χ4n) is 3.30. The second-order valence-electron chi connectivity index (χ2n) is 6.76. The molecule has 0 saturated heterocycles. The number of amides is 1. The number of fused-ring (bicyclic) bond motifs is 1. The van der Waals surface area contributed by atoms with E-state index in [0.717, 1.165) is 16.6 Å². The monoisotopic (exact) mass is 390 g/mol. The first-order chi connectivity index (χ1) is 13.9. The predicted molar refractivity (Wildman–Crippen MR) is 108 cm³/mol. The van der Waals surface area contributed by atoms with Gasteiger partial charge in [0.25, 0.3) is 5.91 Å². The zero-order valence-electron chi connectivity index (χ0n) is 16.0. The number of nitrogens with one attached hydrogen (secondary N) is 1. The Hall–Kier alpha value is -3.81. The molecule has 1 amide bonds. The van der Waals surface area contributed by atoms with Crippen molar-refractivity contribution in [3.05, 3.63) is 76.9 Å². The fourth-order valence-corrected chi connectivity index (χ4v) is 3.30. The first-order valence-corrected chi connectivity index (χ1v) is 9.05. The van der Waals surface area contributed by atoms with Gasteiger partial charge in [0.15, 0.2) is 5.82 Å². The van der Waals surface area contributed by atoms with Crippen LogP contribution >= 0.6 is 0 Å². The highest BCUT2D eigenvalue weighted by Crippen LogP contribution is 2.27. The lowest BCUT2D eigenvalue weighted by atomic mass is 10.2. The van der Waals surface area contributed by atoms with Gasteiger partial charge in [0.2, 0.25) is 5.82 Å². The van der Waals surface area contributed by atoms with Gasteiger partial charge in [0.05, 0.1) is 5.69 Å². The molecule has 7 nitrogen and oxygen atoms in total. The Morgan fingerprint density at radius 1 is 1.14 bits per heavy atom. The lowest BCUT2D eigenvalue weighted by molar-refractivity contribution is 0.0994. The lowest BCUT2D eigenvalue weighted by Gasteiger charge is -2.11. The molecule has 0 fully saturated rings. The third kappa shape index (κ3) is 3.52. The summed E-state index contributed by atoms with van der Waals surface area (Å²) in [5.41, 5.74) is 9.63. The summed E-state index contributed by atoms with van der Waals surface area (Å²) < 4.78 is 15.1. The number of carbonyl (C=O) groups excluding carboxylic acids is 1. The maximum absolute atomic E-state index is 13.4. The van der Waals surface area contributed by atoms with Gasteiger partial charge >= 0.3 is 0 Å². The summed E-state index contributed by atoms with van der Waals surface area (Å²) in [5.74, 6) is 0.0578. The van der Waals surface area contributed by atoms with E-state index in [2.05, 4.69) is 20.5 Å². The van der Waals surface area contributed by atoms with Crippen molar-refractivity contribution in [1.82, 2.24) is 19.6 Å². The average Bonchev–Trinajstić information content (AvgIpc) is 3.03. The van der Waals surface area contributed by atoms with Crippen LogP contribution in [0.2, 0.25) is 0 Å². The van der Waals surface area contributed by atoms with Crippen LogP contribution < -0.4 is 11.1 Å². The van der Waals surface area contributed by atoms with Crippen LogP contribution in [0.25, 0.3) is 17.0 Å². The number of hydrogen-bond acceptors (Lipinski definition) is 5. The molecule has 0 spiro atoms. The van der Waals surface area contributed by atoms with Crippen LogP contribution in [0.15, 0.2) is 48.5 Å². The van der Waals surface area contributed by atoms with E-state index in [4.69, 9.17) is 5.73 Å². The topological polar surface area (TPSA) is 98.2 Å². The molecule has 0 atom stereocenters. The van der Waals surface area contributed by atoms with E-state index in [1.54, 1.807) is 29.5 Å². The van der Waals surface area contributed by atoms with E-state index in [1.807, 2.05) is 25.1 Å². The van der Waals surface area contributed by atoms with E-state index < -0.39 is 5.91 Å². The van der Waals surface area contributed by atoms with Gasteiger partial charge in [-0.2, -0.15) is 0 Å². The molecular formula is C21H19FN6O. The number of nitrogens with two attached hydrogens (primary N) is 1. The fraction of sp³-hybridized carbons (Fsp3) is 0.143. The zero-order chi connectivity index (χ0) is 20.5. The van der Waals surface area contributed by atoms with Crippen LogP contribution in [0.3, 0.4) is 0 Å². The van der Waals surface area contributed by atoms with E-state index in [-0.39, 0.29) is 5.82 Å². The molecule has 8 heteroatoms. The molecule has 4 rings (SSSR count). The standard InChI is InChI=1S/C21H19FN6O/c1-12-9-16-7-4-8-17(19(23)29)28(16)18(12)21-25-20(13(2)26-27-21)24-11-14-5-3-6-15(22)10-14/h3-10H,11H2,1-2H3,(H2,23,29)(H,24,25,27). The molecule has 0 radical (unpaired) electrons. The number of carbonyl (C=O) groups is 1. The summed E-state index contributed by atoms with van der Waals surface area (Å²) in [6.07, 6.45) is 0. The number of primary amides is 1. The predicted octanol–water partition coefficient (Wildman–Crippen LogP) is 3.26. The zero-order valence-corrected chi connectivity index (χ0v) is 16.0. The van der Waals surface area contributed by atoms with Gasteiger partial charge in [-0.05, 0) is 55.3 Å². The number of aromatic nitrogens is 4. The molecule has 146 valence electrons. The number of aryl methyl sites for hydroxylation is 2. The highest BCUT2D eigenvalue weighted by atomic mass is 19.1. The Labute approximate surface area is 166 Å². The molecule has 3 aromatic heterocycles. The Kier molecular flexibility index (Phi) is 4.67. The van der Waals surface area contributed by atoms with Crippen molar-refractivity contribution in [3.63, 3.8) is 0 Å². The number of halogens is 1. The Morgan fingerprint density at radius 2 is 1.93 bits per heavy atom.